The highest BCUT2D eigenvalue weighted by atomic mass is 79.9. The Labute approximate surface area is 314 Å². The first kappa shape index (κ1) is 36.6. The third-order valence-corrected chi connectivity index (χ3v) is 14.1. The lowest BCUT2D eigenvalue weighted by Gasteiger charge is -2.32. The van der Waals surface area contributed by atoms with Crippen LogP contribution in [0.25, 0.3) is 0 Å². The van der Waals surface area contributed by atoms with Crippen LogP contribution < -0.4 is 15.5 Å². The van der Waals surface area contributed by atoms with Crippen LogP contribution in [0.3, 0.4) is 0 Å². The standard InChI is InChI=1S/C39H47BrN6O5Si/c1-25-36(52(2,3)50)35(16-18-45-23-33(43-44-45)31(24-47)27-10-5-4-6-11-27)51-39(25)32-20-29(40)14-15-34(32)46(38(39)49)22-26-9-7-13-30(19-26)42-37(48)28-12-8-17-41-21-28/h4-7,9-11,13-15,19-20,23,25,28,31,35-36,41,47,50H,8,12,16-18,21-22,24H2,1-3H3,(H,42,48)/t25-,28?,31?,35+,36-,39+/m1/s1. The molecule has 274 valence electrons. The fraction of sp³-hybridized carbons (Fsp3) is 0.436. The van der Waals surface area contributed by atoms with Crippen LogP contribution >= 0.6 is 15.9 Å². The summed E-state index contributed by atoms with van der Waals surface area (Å²) in [5, 5.41) is 25.3. The molecule has 2 saturated heterocycles. The number of benzene rings is 3. The number of hydrogen-bond donors (Lipinski definition) is 4. The van der Waals surface area contributed by atoms with E-state index in [1.54, 1.807) is 9.58 Å². The first-order valence-electron chi connectivity index (χ1n) is 18.2. The number of aryl methyl sites for hydroxylation is 1. The Morgan fingerprint density at radius 1 is 1.15 bits per heavy atom. The van der Waals surface area contributed by atoms with Crippen LogP contribution in [-0.4, -0.2) is 70.8 Å². The number of aromatic nitrogens is 3. The number of piperidine rings is 1. The molecule has 0 bridgehead atoms. The van der Waals surface area contributed by atoms with E-state index in [0.29, 0.717) is 37.4 Å². The molecule has 2 unspecified atom stereocenters. The molecule has 6 atom stereocenters. The number of amides is 2. The third-order valence-electron chi connectivity index (χ3n) is 11.1. The minimum atomic E-state index is -2.87. The van der Waals surface area contributed by atoms with Gasteiger partial charge in [0.2, 0.25) is 5.91 Å². The number of carbonyl (C=O) groups excluding carboxylic acids is 2. The van der Waals surface area contributed by atoms with Gasteiger partial charge in [-0.1, -0.05) is 70.5 Å². The Morgan fingerprint density at radius 2 is 1.96 bits per heavy atom. The molecule has 0 radical (unpaired) electrons. The molecule has 3 aliphatic heterocycles. The van der Waals surface area contributed by atoms with Crippen LogP contribution in [0.15, 0.2) is 83.5 Å². The summed E-state index contributed by atoms with van der Waals surface area (Å²) in [6, 6.07) is 23.3. The number of aliphatic hydroxyl groups is 1. The van der Waals surface area contributed by atoms with Gasteiger partial charge in [0, 0.05) is 46.5 Å². The van der Waals surface area contributed by atoms with E-state index < -0.39 is 20.0 Å². The van der Waals surface area contributed by atoms with Gasteiger partial charge in [-0.15, -0.1) is 5.10 Å². The molecule has 0 aliphatic carbocycles. The van der Waals surface area contributed by atoms with Crippen molar-refractivity contribution in [1.82, 2.24) is 20.3 Å². The molecule has 11 nitrogen and oxygen atoms in total. The predicted molar refractivity (Wildman–Crippen MR) is 205 cm³/mol. The van der Waals surface area contributed by atoms with Gasteiger partial charge in [-0.25, -0.2) is 0 Å². The molecule has 13 heteroatoms. The number of anilines is 2. The highest BCUT2D eigenvalue weighted by molar-refractivity contribution is 9.10. The fourth-order valence-corrected chi connectivity index (χ4v) is 11.6. The number of ether oxygens (including phenoxy) is 1. The van der Waals surface area contributed by atoms with Crippen molar-refractivity contribution in [3.05, 3.63) is 106 Å². The molecule has 4 aromatic rings. The Balaban J connectivity index is 1.14. The van der Waals surface area contributed by atoms with Crippen molar-refractivity contribution in [3.8, 4) is 0 Å². The fourth-order valence-electron chi connectivity index (χ4n) is 8.62. The van der Waals surface area contributed by atoms with Crippen LogP contribution in [0, 0.1) is 11.8 Å². The summed E-state index contributed by atoms with van der Waals surface area (Å²) in [7, 11) is -2.87. The molecular weight excluding hydrogens is 740 g/mol. The molecule has 52 heavy (non-hydrogen) atoms. The molecule has 2 fully saturated rings. The normalized spacial score (nSPS) is 25.0. The second kappa shape index (κ2) is 15.0. The number of fused-ring (bicyclic) bond motifs is 2. The van der Waals surface area contributed by atoms with Crippen LogP contribution in [-0.2, 0) is 33.0 Å². The summed E-state index contributed by atoms with van der Waals surface area (Å²) in [6.45, 7) is 8.17. The van der Waals surface area contributed by atoms with Crippen LogP contribution in [0.1, 0.15) is 54.5 Å². The van der Waals surface area contributed by atoms with E-state index in [1.165, 1.54) is 0 Å². The van der Waals surface area contributed by atoms with Crippen molar-refractivity contribution in [2.45, 2.75) is 75.5 Å². The van der Waals surface area contributed by atoms with E-state index in [1.807, 2.05) is 99.0 Å². The van der Waals surface area contributed by atoms with Crippen molar-refractivity contribution < 1.29 is 24.2 Å². The largest absolute Gasteiger partial charge is 0.432 e. The van der Waals surface area contributed by atoms with Gasteiger partial charge in [-0.3, -0.25) is 14.3 Å². The number of hydrogen-bond acceptors (Lipinski definition) is 8. The van der Waals surface area contributed by atoms with Gasteiger partial charge in [0.15, 0.2) is 13.9 Å². The van der Waals surface area contributed by atoms with Gasteiger partial charge in [-0.05, 0) is 80.4 Å². The molecule has 4 heterocycles. The van der Waals surface area contributed by atoms with Crippen LogP contribution in [0.2, 0.25) is 18.6 Å². The maximum atomic E-state index is 14.9. The Bertz CT molecular complexity index is 1910. The average molecular weight is 788 g/mol. The van der Waals surface area contributed by atoms with E-state index in [0.717, 1.165) is 46.2 Å². The Kier molecular flexibility index (Phi) is 10.5. The van der Waals surface area contributed by atoms with E-state index in [-0.39, 0.29) is 41.7 Å². The number of aliphatic hydroxyl groups excluding tert-OH is 1. The second-order valence-corrected chi connectivity index (χ2v) is 19.9. The predicted octanol–water partition coefficient (Wildman–Crippen LogP) is 5.54. The smallest absolute Gasteiger partial charge is 0.264 e. The Hall–Kier alpha value is -3.72. The quantitative estimate of drug-likeness (QED) is 0.145. The number of carbonyl (C=O) groups is 2. The summed E-state index contributed by atoms with van der Waals surface area (Å²) in [5.74, 6) is -0.822. The summed E-state index contributed by atoms with van der Waals surface area (Å²) in [5.41, 5.74) is 3.25. The molecule has 2 amide bonds. The summed E-state index contributed by atoms with van der Waals surface area (Å²) >= 11 is 3.65. The summed E-state index contributed by atoms with van der Waals surface area (Å²) < 4.78 is 9.63. The van der Waals surface area contributed by atoms with Gasteiger partial charge in [0.25, 0.3) is 5.91 Å². The van der Waals surface area contributed by atoms with Gasteiger partial charge < -0.3 is 30.2 Å². The first-order valence-corrected chi connectivity index (χ1v) is 22.0. The molecule has 4 N–H and O–H groups in total. The maximum absolute atomic E-state index is 14.9. The van der Waals surface area contributed by atoms with Crippen molar-refractivity contribution in [3.63, 3.8) is 0 Å². The van der Waals surface area contributed by atoms with E-state index >= 15 is 0 Å². The van der Waals surface area contributed by atoms with E-state index in [2.05, 4.69) is 36.9 Å². The van der Waals surface area contributed by atoms with Gasteiger partial charge in [0.1, 0.15) is 0 Å². The molecule has 7 rings (SSSR count). The van der Waals surface area contributed by atoms with Crippen molar-refractivity contribution >= 4 is 47.4 Å². The Morgan fingerprint density at radius 3 is 2.69 bits per heavy atom. The van der Waals surface area contributed by atoms with Crippen molar-refractivity contribution in [2.75, 3.05) is 29.9 Å². The maximum Gasteiger partial charge on any atom is 0.264 e. The SMILES string of the molecule is C[C@@H]1[C@@H]([Si](C)(C)O)[C@H](CCn2cc(C(CO)c3ccccc3)nn2)O[C@@]12C(=O)N(Cc1cccc(NC(=O)C3CCCNC3)c1)c1ccc(Br)cc12. The lowest BCUT2D eigenvalue weighted by atomic mass is 9.82. The highest BCUT2D eigenvalue weighted by Crippen LogP contribution is 2.60. The zero-order chi connectivity index (χ0) is 36.6. The zero-order valence-corrected chi connectivity index (χ0v) is 32.4. The minimum absolute atomic E-state index is 0.00308. The number of rotatable bonds is 11. The number of nitrogens with zero attached hydrogens (tertiary/aromatic N) is 4. The average Bonchev–Trinajstić information content (AvgIpc) is 3.79. The lowest BCUT2D eigenvalue weighted by Crippen LogP contribution is -2.46. The second-order valence-electron chi connectivity index (χ2n) is 15.0. The molecular formula is C39H47BrN6O5Si. The molecule has 1 spiro atoms. The summed E-state index contributed by atoms with van der Waals surface area (Å²) in [6.07, 6.45) is 3.80. The lowest BCUT2D eigenvalue weighted by molar-refractivity contribution is -0.146. The topological polar surface area (TPSA) is 142 Å². The van der Waals surface area contributed by atoms with Crippen LogP contribution in [0.5, 0.6) is 0 Å². The van der Waals surface area contributed by atoms with E-state index in [9.17, 15) is 19.5 Å². The minimum Gasteiger partial charge on any atom is -0.432 e. The highest BCUT2D eigenvalue weighted by Gasteiger charge is 2.66. The molecule has 0 saturated carbocycles. The van der Waals surface area contributed by atoms with Gasteiger partial charge >= 0.3 is 0 Å². The van der Waals surface area contributed by atoms with Gasteiger partial charge in [0.05, 0.1) is 42.5 Å². The van der Waals surface area contributed by atoms with Crippen molar-refractivity contribution in [1.29, 1.82) is 0 Å². The number of halogens is 1. The van der Waals surface area contributed by atoms with Crippen molar-refractivity contribution in [2.24, 2.45) is 11.8 Å². The van der Waals surface area contributed by atoms with E-state index in [4.69, 9.17) is 4.74 Å². The molecule has 3 aliphatic rings. The summed E-state index contributed by atoms with van der Waals surface area (Å²) in [4.78, 5) is 41.4. The monoisotopic (exact) mass is 786 g/mol. The molecule has 1 aromatic heterocycles. The van der Waals surface area contributed by atoms with Gasteiger partial charge in [-0.2, -0.15) is 0 Å². The first-order chi connectivity index (χ1) is 25.0. The third kappa shape index (κ3) is 7.02. The van der Waals surface area contributed by atoms with Crippen LogP contribution in [0.4, 0.5) is 11.4 Å². The zero-order valence-electron chi connectivity index (χ0n) is 29.8. The number of nitrogens with one attached hydrogen (secondary N) is 2. The molecule has 3 aromatic carbocycles.